The third kappa shape index (κ3) is 3.76. The number of hydrogen-bond donors (Lipinski definition) is 2. The van der Waals surface area contributed by atoms with Gasteiger partial charge in [-0.15, -0.1) is 0 Å². The minimum absolute atomic E-state index is 0.205. The molecule has 0 heterocycles. The summed E-state index contributed by atoms with van der Waals surface area (Å²) in [7, 11) is 0. The molecule has 3 nitrogen and oxygen atoms in total. The van der Waals surface area contributed by atoms with Crippen molar-refractivity contribution in [3.05, 3.63) is 59.7 Å². The Morgan fingerprint density at radius 2 is 1.85 bits per heavy atom. The number of aliphatic hydroxyl groups excluding tert-OH is 1. The molecule has 3 N–H and O–H groups in total. The predicted octanol–water partition coefficient (Wildman–Crippen LogP) is 2.82. The third-order valence-corrected chi connectivity index (χ3v) is 3.28. The fraction of sp³-hybridized carbons (Fsp3) is 0.235. The number of hydrogen-bond acceptors (Lipinski definition) is 3. The minimum atomic E-state index is -0.939. The molecule has 0 spiro atoms. The average Bonchev–Trinajstić information content (AvgIpc) is 2.45. The molecule has 104 valence electrons. The van der Waals surface area contributed by atoms with Crippen molar-refractivity contribution in [3.63, 3.8) is 0 Å². The molecule has 0 aliphatic heterocycles. The number of Topliss-reactive ketones (excluding diaryl/α,β-unsaturated/α-hetero) is 1. The second kappa shape index (κ2) is 6.46. The number of carbonyl (C=O) groups excluding carboxylic acids is 1. The summed E-state index contributed by atoms with van der Waals surface area (Å²) >= 11 is 0. The zero-order valence-corrected chi connectivity index (χ0v) is 11.5. The van der Waals surface area contributed by atoms with Gasteiger partial charge in [0.2, 0.25) is 0 Å². The summed E-state index contributed by atoms with van der Waals surface area (Å²) in [6.45, 7) is 1.61. The topological polar surface area (TPSA) is 63.3 Å². The summed E-state index contributed by atoms with van der Waals surface area (Å²) in [5.41, 5.74) is 9.44. The minimum Gasteiger partial charge on any atom is -0.375 e. The van der Waals surface area contributed by atoms with Crippen molar-refractivity contribution in [2.45, 2.75) is 26.0 Å². The SMILES string of the molecule is CC(=O)CCc1cccc(-c2ccc(C(N)O)cc2)c1. The van der Waals surface area contributed by atoms with Crippen molar-refractivity contribution in [2.24, 2.45) is 5.73 Å². The fourth-order valence-corrected chi connectivity index (χ4v) is 2.10. The van der Waals surface area contributed by atoms with Crippen molar-refractivity contribution >= 4 is 5.78 Å². The van der Waals surface area contributed by atoms with Crippen LogP contribution in [-0.4, -0.2) is 10.9 Å². The molecule has 0 saturated heterocycles. The van der Waals surface area contributed by atoms with Gasteiger partial charge in [-0.05, 0) is 35.6 Å². The second-order valence-corrected chi connectivity index (χ2v) is 4.97. The summed E-state index contributed by atoms with van der Waals surface area (Å²) in [5.74, 6) is 0.205. The molecular weight excluding hydrogens is 250 g/mol. The highest BCUT2D eigenvalue weighted by molar-refractivity contribution is 5.75. The standard InChI is InChI=1S/C17H19NO2/c1-12(19)5-6-13-3-2-4-16(11-13)14-7-9-15(10-8-14)17(18)20/h2-4,7-11,17,20H,5-6,18H2,1H3. The van der Waals surface area contributed by atoms with Crippen LogP contribution in [0.2, 0.25) is 0 Å². The van der Waals surface area contributed by atoms with Gasteiger partial charge in [0, 0.05) is 6.42 Å². The van der Waals surface area contributed by atoms with E-state index in [1.165, 1.54) is 0 Å². The van der Waals surface area contributed by atoms with E-state index in [-0.39, 0.29) is 5.78 Å². The molecule has 2 aromatic rings. The molecule has 1 atom stereocenters. The number of aliphatic hydroxyl groups is 1. The van der Waals surface area contributed by atoms with Crippen molar-refractivity contribution < 1.29 is 9.90 Å². The Kier molecular flexibility index (Phi) is 4.66. The number of carbonyl (C=O) groups is 1. The Bertz CT molecular complexity index is 588. The quantitative estimate of drug-likeness (QED) is 0.820. The van der Waals surface area contributed by atoms with E-state index in [2.05, 4.69) is 6.07 Å². The number of ketones is 1. The first-order chi connectivity index (χ1) is 9.56. The maximum Gasteiger partial charge on any atom is 0.130 e. The van der Waals surface area contributed by atoms with Crippen LogP contribution >= 0.6 is 0 Å². The van der Waals surface area contributed by atoms with Gasteiger partial charge in [-0.1, -0.05) is 48.5 Å². The lowest BCUT2D eigenvalue weighted by Gasteiger charge is -2.08. The lowest BCUT2D eigenvalue weighted by molar-refractivity contribution is -0.116. The van der Waals surface area contributed by atoms with E-state index in [0.717, 1.165) is 23.1 Å². The van der Waals surface area contributed by atoms with Gasteiger partial charge in [-0.25, -0.2) is 0 Å². The molecule has 2 rings (SSSR count). The van der Waals surface area contributed by atoms with Crippen LogP contribution in [0.25, 0.3) is 11.1 Å². The summed E-state index contributed by atoms with van der Waals surface area (Å²) in [6, 6.07) is 15.7. The van der Waals surface area contributed by atoms with Gasteiger partial charge in [0.15, 0.2) is 0 Å². The zero-order valence-electron chi connectivity index (χ0n) is 11.5. The molecule has 0 aliphatic rings. The average molecular weight is 269 g/mol. The molecular formula is C17H19NO2. The first-order valence-electron chi connectivity index (χ1n) is 6.68. The molecule has 0 radical (unpaired) electrons. The van der Waals surface area contributed by atoms with Crippen LogP contribution in [0.3, 0.4) is 0 Å². The molecule has 3 heteroatoms. The van der Waals surface area contributed by atoms with Crippen LogP contribution < -0.4 is 5.73 Å². The second-order valence-electron chi connectivity index (χ2n) is 4.97. The summed E-state index contributed by atoms with van der Waals surface area (Å²) in [4.78, 5) is 11.0. The number of aryl methyl sites for hydroxylation is 1. The van der Waals surface area contributed by atoms with Crippen LogP contribution in [0.15, 0.2) is 48.5 Å². The van der Waals surface area contributed by atoms with Gasteiger partial charge >= 0.3 is 0 Å². The van der Waals surface area contributed by atoms with E-state index in [9.17, 15) is 9.90 Å². The summed E-state index contributed by atoms with van der Waals surface area (Å²) < 4.78 is 0. The molecule has 0 amide bonds. The normalized spacial score (nSPS) is 12.2. The lowest BCUT2D eigenvalue weighted by Crippen LogP contribution is -2.07. The van der Waals surface area contributed by atoms with Gasteiger partial charge in [-0.2, -0.15) is 0 Å². The van der Waals surface area contributed by atoms with Gasteiger partial charge in [0.25, 0.3) is 0 Å². The van der Waals surface area contributed by atoms with Crippen LogP contribution in [0.1, 0.15) is 30.7 Å². The summed E-state index contributed by atoms with van der Waals surface area (Å²) in [5, 5.41) is 9.30. The van der Waals surface area contributed by atoms with E-state index >= 15 is 0 Å². The molecule has 0 bridgehead atoms. The van der Waals surface area contributed by atoms with Gasteiger partial charge in [-0.3, -0.25) is 0 Å². The molecule has 1 unspecified atom stereocenters. The fourth-order valence-electron chi connectivity index (χ4n) is 2.10. The highest BCUT2D eigenvalue weighted by Gasteiger charge is 2.03. The van der Waals surface area contributed by atoms with Crippen LogP contribution in [-0.2, 0) is 11.2 Å². The monoisotopic (exact) mass is 269 g/mol. The van der Waals surface area contributed by atoms with E-state index in [1.807, 2.05) is 42.5 Å². The van der Waals surface area contributed by atoms with E-state index in [0.29, 0.717) is 12.0 Å². The number of benzene rings is 2. The molecule has 2 aromatic carbocycles. The first-order valence-corrected chi connectivity index (χ1v) is 6.68. The lowest BCUT2D eigenvalue weighted by atomic mass is 9.99. The Balaban J connectivity index is 2.19. The van der Waals surface area contributed by atoms with Crippen molar-refractivity contribution in [1.82, 2.24) is 0 Å². The number of nitrogens with two attached hydrogens (primary N) is 1. The Labute approximate surface area is 119 Å². The predicted molar refractivity (Wildman–Crippen MR) is 80.0 cm³/mol. The van der Waals surface area contributed by atoms with Gasteiger partial charge in [0.1, 0.15) is 12.0 Å². The van der Waals surface area contributed by atoms with Gasteiger partial charge < -0.3 is 15.6 Å². The van der Waals surface area contributed by atoms with Crippen LogP contribution in [0, 0.1) is 0 Å². The first kappa shape index (κ1) is 14.4. The van der Waals surface area contributed by atoms with Crippen LogP contribution in [0.4, 0.5) is 0 Å². The molecule has 20 heavy (non-hydrogen) atoms. The van der Waals surface area contributed by atoms with Gasteiger partial charge in [0.05, 0.1) is 0 Å². The maximum atomic E-state index is 11.0. The summed E-state index contributed by atoms with van der Waals surface area (Å²) in [6.07, 6.45) is 0.399. The van der Waals surface area contributed by atoms with E-state index in [1.54, 1.807) is 6.92 Å². The third-order valence-electron chi connectivity index (χ3n) is 3.28. The van der Waals surface area contributed by atoms with Crippen LogP contribution in [0.5, 0.6) is 0 Å². The molecule has 0 aliphatic carbocycles. The number of rotatable bonds is 5. The molecule has 0 aromatic heterocycles. The van der Waals surface area contributed by atoms with Crippen molar-refractivity contribution in [3.8, 4) is 11.1 Å². The Morgan fingerprint density at radius 3 is 2.45 bits per heavy atom. The van der Waals surface area contributed by atoms with Crippen molar-refractivity contribution in [1.29, 1.82) is 0 Å². The highest BCUT2D eigenvalue weighted by Crippen LogP contribution is 2.22. The Morgan fingerprint density at radius 1 is 1.15 bits per heavy atom. The zero-order chi connectivity index (χ0) is 14.5. The molecule has 0 fully saturated rings. The van der Waals surface area contributed by atoms with Crippen molar-refractivity contribution in [2.75, 3.05) is 0 Å². The maximum absolute atomic E-state index is 11.0. The smallest absolute Gasteiger partial charge is 0.130 e. The highest BCUT2D eigenvalue weighted by atomic mass is 16.3. The Hall–Kier alpha value is -1.97. The van der Waals surface area contributed by atoms with E-state index in [4.69, 9.17) is 5.73 Å². The largest absolute Gasteiger partial charge is 0.375 e. The van der Waals surface area contributed by atoms with E-state index < -0.39 is 6.23 Å². The molecule has 0 saturated carbocycles.